The third-order valence-electron chi connectivity index (χ3n) is 4.87. The number of nitrogens with zero attached hydrogens (tertiary/aromatic N) is 4. The van der Waals surface area contributed by atoms with E-state index in [1.165, 1.54) is 11.8 Å². The Kier molecular flexibility index (Phi) is 5.78. The zero-order chi connectivity index (χ0) is 21.3. The smallest absolute Gasteiger partial charge is 0.265 e. The monoisotopic (exact) mass is 442 g/mol. The lowest BCUT2D eigenvalue weighted by Crippen LogP contribution is -2.41. The molecule has 0 radical (unpaired) electrons. The van der Waals surface area contributed by atoms with Gasteiger partial charge in [0.2, 0.25) is 0 Å². The minimum Gasteiger partial charge on any atom is -0.482 e. The van der Waals surface area contributed by atoms with Crippen LogP contribution in [0, 0.1) is 0 Å². The van der Waals surface area contributed by atoms with Crippen LogP contribution in [0.4, 0.5) is 5.69 Å². The average Bonchev–Trinajstić information content (AvgIpc) is 3.12. The van der Waals surface area contributed by atoms with Crippen LogP contribution in [0.5, 0.6) is 5.75 Å². The molecule has 1 aliphatic rings. The first-order valence-electron chi connectivity index (χ1n) is 9.30. The second-order valence-corrected chi connectivity index (χ2v) is 8.19. The van der Waals surface area contributed by atoms with Crippen LogP contribution >= 0.6 is 23.4 Å². The average molecular weight is 443 g/mol. The van der Waals surface area contributed by atoms with Gasteiger partial charge >= 0.3 is 0 Å². The van der Waals surface area contributed by atoms with Crippen molar-refractivity contribution in [3.63, 3.8) is 0 Å². The molecule has 0 fully saturated rings. The van der Waals surface area contributed by atoms with Crippen LogP contribution in [0.3, 0.4) is 0 Å². The molecule has 4 rings (SSSR count). The van der Waals surface area contributed by atoms with E-state index < -0.39 is 0 Å². The number of Topliss-reactive ketones (excluding diaryl/α,β-unsaturated/α-hetero) is 1. The number of halogens is 1. The Bertz CT molecular complexity index is 1100. The topological polar surface area (TPSA) is 77.3 Å². The van der Waals surface area contributed by atoms with E-state index in [1.54, 1.807) is 29.2 Å². The minimum absolute atomic E-state index is 0.0175. The maximum absolute atomic E-state index is 12.6. The number of hydrogen-bond acceptors (Lipinski definition) is 6. The van der Waals surface area contributed by atoms with Crippen molar-refractivity contribution in [2.75, 3.05) is 17.3 Å². The predicted octanol–water partition coefficient (Wildman–Crippen LogP) is 3.93. The van der Waals surface area contributed by atoms with Gasteiger partial charge in [-0.15, -0.1) is 10.2 Å². The molecule has 1 aliphatic heterocycles. The Hall–Kier alpha value is -2.84. The third kappa shape index (κ3) is 3.93. The van der Waals surface area contributed by atoms with Gasteiger partial charge in [-0.05, 0) is 43.3 Å². The van der Waals surface area contributed by atoms with Gasteiger partial charge in [-0.1, -0.05) is 35.5 Å². The summed E-state index contributed by atoms with van der Waals surface area (Å²) in [5.74, 6) is 1.35. The number of amides is 1. The first-order chi connectivity index (χ1) is 14.5. The molecular formula is C21H19ClN4O3S. The molecule has 0 unspecified atom stereocenters. The number of para-hydroxylation sites is 2. The van der Waals surface area contributed by atoms with Crippen molar-refractivity contribution in [3.8, 4) is 5.75 Å². The summed E-state index contributed by atoms with van der Waals surface area (Å²) >= 11 is 7.18. The molecule has 3 aromatic rings. The van der Waals surface area contributed by atoms with E-state index in [4.69, 9.17) is 16.3 Å². The third-order valence-corrected chi connectivity index (χ3v) is 6.14. The van der Waals surface area contributed by atoms with Gasteiger partial charge in [0.25, 0.3) is 5.91 Å². The Labute approximate surface area is 183 Å². The molecule has 2 aromatic carbocycles. The summed E-state index contributed by atoms with van der Waals surface area (Å²) in [5.41, 5.74) is 1.30. The van der Waals surface area contributed by atoms with Crippen LogP contribution < -0.4 is 9.64 Å². The highest BCUT2D eigenvalue weighted by atomic mass is 35.5. The van der Waals surface area contributed by atoms with Crippen LogP contribution in [0.2, 0.25) is 5.02 Å². The summed E-state index contributed by atoms with van der Waals surface area (Å²) in [6, 6.07) is 13.9. The van der Waals surface area contributed by atoms with Gasteiger partial charge in [-0.2, -0.15) is 0 Å². The van der Waals surface area contributed by atoms with Crippen LogP contribution in [0.25, 0.3) is 0 Å². The molecule has 154 valence electrons. The fourth-order valence-electron chi connectivity index (χ4n) is 3.33. The standard InChI is InChI=1S/C21H19ClN4O3S/c1-13(26-16-5-3-4-6-18(16)29-11-19(26)28)20-23-24-21(25(20)2)30-12-17(27)14-7-9-15(22)10-8-14/h3-10,13H,11-12H2,1-2H3/t13-/m1/s1. The molecule has 0 N–H and O–H groups in total. The molecule has 0 aliphatic carbocycles. The number of carbonyl (C=O) groups excluding carboxylic acids is 2. The fourth-order valence-corrected chi connectivity index (χ4v) is 4.27. The Morgan fingerprint density at radius 3 is 2.70 bits per heavy atom. The zero-order valence-corrected chi connectivity index (χ0v) is 18.0. The first-order valence-corrected chi connectivity index (χ1v) is 10.7. The van der Waals surface area contributed by atoms with E-state index in [1.807, 2.05) is 42.8 Å². The molecule has 0 spiro atoms. The number of benzene rings is 2. The molecule has 0 saturated carbocycles. The van der Waals surface area contributed by atoms with E-state index in [0.717, 1.165) is 0 Å². The number of anilines is 1. The quantitative estimate of drug-likeness (QED) is 0.425. The number of rotatable bonds is 6. The zero-order valence-electron chi connectivity index (χ0n) is 16.4. The maximum Gasteiger partial charge on any atom is 0.265 e. The molecule has 0 bridgehead atoms. The number of ketones is 1. The van der Waals surface area contributed by atoms with Gasteiger partial charge in [0, 0.05) is 17.6 Å². The minimum atomic E-state index is -0.346. The second kappa shape index (κ2) is 8.49. The molecule has 1 atom stereocenters. The lowest BCUT2D eigenvalue weighted by molar-refractivity contribution is -0.121. The molecule has 7 nitrogen and oxygen atoms in total. The summed E-state index contributed by atoms with van der Waals surface area (Å²) < 4.78 is 7.33. The SMILES string of the molecule is C[C@H](c1nnc(SCC(=O)c2ccc(Cl)cc2)n1C)N1C(=O)COc2ccccc21. The Balaban J connectivity index is 1.51. The molecule has 30 heavy (non-hydrogen) atoms. The van der Waals surface area contributed by atoms with Gasteiger partial charge in [-0.25, -0.2) is 0 Å². The summed E-state index contributed by atoms with van der Waals surface area (Å²) in [6.45, 7) is 1.88. The highest BCUT2D eigenvalue weighted by Crippen LogP contribution is 2.37. The summed E-state index contributed by atoms with van der Waals surface area (Å²) in [6.07, 6.45) is 0. The first kappa shape index (κ1) is 20.4. The van der Waals surface area contributed by atoms with Gasteiger partial charge in [0.05, 0.1) is 17.5 Å². The van der Waals surface area contributed by atoms with Crippen molar-refractivity contribution in [2.24, 2.45) is 7.05 Å². The van der Waals surface area contributed by atoms with Crippen LogP contribution in [0.15, 0.2) is 53.7 Å². The highest BCUT2D eigenvalue weighted by Gasteiger charge is 2.32. The van der Waals surface area contributed by atoms with Crippen molar-refractivity contribution in [3.05, 3.63) is 64.9 Å². The lowest BCUT2D eigenvalue weighted by Gasteiger charge is -2.33. The lowest BCUT2D eigenvalue weighted by atomic mass is 10.1. The number of carbonyl (C=O) groups is 2. The van der Waals surface area contributed by atoms with Crippen molar-refractivity contribution < 1.29 is 14.3 Å². The van der Waals surface area contributed by atoms with Crippen molar-refractivity contribution in [1.82, 2.24) is 14.8 Å². The number of ether oxygens (including phenoxy) is 1. The molecule has 0 saturated heterocycles. The van der Waals surface area contributed by atoms with E-state index in [2.05, 4.69) is 10.2 Å². The van der Waals surface area contributed by atoms with Gasteiger partial charge in [0.15, 0.2) is 23.4 Å². The van der Waals surface area contributed by atoms with Crippen molar-refractivity contribution in [1.29, 1.82) is 0 Å². The van der Waals surface area contributed by atoms with Crippen molar-refractivity contribution in [2.45, 2.75) is 18.1 Å². The van der Waals surface area contributed by atoms with Crippen molar-refractivity contribution >= 4 is 40.7 Å². The number of aromatic nitrogens is 3. The normalized spacial score (nSPS) is 14.2. The van der Waals surface area contributed by atoms with E-state index >= 15 is 0 Å². The molecule has 1 aromatic heterocycles. The van der Waals surface area contributed by atoms with Gasteiger partial charge in [0.1, 0.15) is 5.75 Å². The van der Waals surface area contributed by atoms with Crippen LogP contribution in [0.1, 0.15) is 29.1 Å². The van der Waals surface area contributed by atoms with E-state index in [-0.39, 0.29) is 30.1 Å². The number of thioether (sulfide) groups is 1. The number of hydrogen-bond donors (Lipinski definition) is 0. The fraction of sp³-hybridized carbons (Fsp3) is 0.238. The van der Waals surface area contributed by atoms with Gasteiger partial charge < -0.3 is 9.30 Å². The molecule has 2 heterocycles. The van der Waals surface area contributed by atoms with E-state index in [0.29, 0.717) is 33.0 Å². The van der Waals surface area contributed by atoms with Crippen LogP contribution in [-0.2, 0) is 11.8 Å². The summed E-state index contributed by atoms with van der Waals surface area (Å²) in [7, 11) is 1.83. The highest BCUT2D eigenvalue weighted by molar-refractivity contribution is 7.99. The Morgan fingerprint density at radius 1 is 1.20 bits per heavy atom. The molecular weight excluding hydrogens is 424 g/mol. The van der Waals surface area contributed by atoms with Gasteiger partial charge in [-0.3, -0.25) is 14.5 Å². The summed E-state index contributed by atoms with van der Waals surface area (Å²) in [4.78, 5) is 26.7. The Morgan fingerprint density at radius 2 is 1.93 bits per heavy atom. The van der Waals surface area contributed by atoms with Crippen LogP contribution in [-0.4, -0.2) is 38.8 Å². The predicted molar refractivity (Wildman–Crippen MR) is 115 cm³/mol. The number of fused-ring (bicyclic) bond motifs is 1. The largest absolute Gasteiger partial charge is 0.482 e. The second-order valence-electron chi connectivity index (χ2n) is 6.81. The maximum atomic E-state index is 12.6. The van der Waals surface area contributed by atoms with E-state index in [9.17, 15) is 9.59 Å². The molecule has 1 amide bonds. The molecule has 9 heteroatoms. The summed E-state index contributed by atoms with van der Waals surface area (Å²) in [5, 5.41) is 9.71.